The largest absolute Gasteiger partial charge is 0.464 e. The van der Waals surface area contributed by atoms with Gasteiger partial charge >= 0.3 is 11.9 Å². The first-order valence-electron chi connectivity index (χ1n) is 9.76. The topological polar surface area (TPSA) is 128 Å². The van der Waals surface area contributed by atoms with Crippen molar-refractivity contribution in [3.63, 3.8) is 0 Å². The smallest absolute Gasteiger partial charge is 0.328 e. The van der Waals surface area contributed by atoms with Crippen LogP contribution in [0.3, 0.4) is 0 Å². The summed E-state index contributed by atoms with van der Waals surface area (Å²) in [6.45, 7) is 1.16. The van der Waals surface area contributed by atoms with E-state index in [0.717, 1.165) is 17.5 Å². The van der Waals surface area contributed by atoms with Gasteiger partial charge in [0.05, 0.1) is 17.4 Å². The van der Waals surface area contributed by atoms with E-state index in [9.17, 15) is 24.0 Å². The van der Waals surface area contributed by atoms with Crippen molar-refractivity contribution in [2.24, 2.45) is 0 Å². The van der Waals surface area contributed by atoms with Crippen molar-refractivity contribution in [1.29, 1.82) is 0 Å². The van der Waals surface area contributed by atoms with Crippen LogP contribution in [0, 0.1) is 0 Å². The molecule has 1 N–H and O–H groups in total. The number of hydrogen-bond donors (Lipinski definition) is 1. The highest BCUT2D eigenvalue weighted by Gasteiger charge is 2.33. The first-order chi connectivity index (χ1) is 14.4. The van der Waals surface area contributed by atoms with Crippen LogP contribution in [0.5, 0.6) is 0 Å². The molecule has 10 heteroatoms. The number of nitrogens with zero attached hydrogens (tertiary/aromatic N) is 2. The zero-order valence-corrected chi connectivity index (χ0v) is 16.6. The fraction of sp³-hybridized carbons (Fsp3) is 0.450. The molecule has 0 bridgehead atoms. The summed E-state index contributed by atoms with van der Waals surface area (Å²) in [5, 5.41) is 2.72. The first kappa shape index (κ1) is 21.3. The number of ether oxygens (including phenoxy) is 2. The van der Waals surface area contributed by atoms with E-state index in [1.165, 1.54) is 17.0 Å². The Balaban J connectivity index is 1.64. The van der Waals surface area contributed by atoms with E-state index in [4.69, 9.17) is 9.47 Å². The monoisotopic (exact) mass is 417 g/mol. The van der Waals surface area contributed by atoms with E-state index in [2.05, 4.69) is 5.10 Å². The molecule has 160 valence electrons. The number of rotatable bonds is 6. The maximum Gasteiger partial charge on any atom is 0.328 e. The van der Waals surface area contributed by atoms with Gasteiger partial charge in [0, 0.05) is 6.54 Å². The van der Waals surface area contributed by atoms with Gasteiger partial charge in [-0.3, -0.25) is 24.3 Å². The van der Waals surface area contributed by atoms with Gasteiger partial charge in [-0.1, -0.05) is 12.1 Å². The lowest BCUT2D eigenvalue weighted by atomic mass is 10.0. The zero-order chi connectivity index (χ0) is 21.7. The molecule has 0 spiro atoms. The van der Waals surface area contributed by atoms with Gasteiger partial charge in [-0.2, -0.15) is 0 Å². The summed E-state index contributed by atoms with van der Waals surface area (Å²) in [4.78, 5) is 62.6. The number of esters is 2. The van der Waals surface area contributed by atoms with E-state index < -0.39 is 48.2 Å². The number of carbonyl (C=O) groups is 3. The number of likely N-dealkylation sites (tertiary alicyclic amines) is 1. The molecule has 0 unspecified atom stereocenters. The molecule has 1 aliphatic heterocycles. The normalized spacial score (nSPS) is 16.3. The van der Waals surface area contributed by atoms with E-state index in [0.29, 0.717) is 13.0 Å². The van der Waals surface area contributed by atoms with Crippen molar-refractivity contribution < 1.29 is 23.9 Å². The summed E-state index contributed by atoms with van der Waals surface area (Å²) in [5.41, 5.74) is -1.06. The molecule has 0 saturated carbocycles. The van der Waals surface area contributed by atoms with Crippen LogP contribution in [0.1, 0.15) is 26.2 Å². The number of benzene rings is 1. The molecular formula is C20H23N3O7. The second-order valence-electron chi connectivity index (χ2n) is 6.89. The molecule has 2 heterocycles. The van der Waals surface area contributed by atoms with Gasteiger partial charge in [0.15, 0.2) is 6.61 Å². The van der Waals surface area contributed by atoms with Gasteiger partial charge in [0.2, 0.25) is 0 Å². The molecule has 0 radical (unpaired) electrons. The molecule has 1 aliphatic rings. The molecule has 1 fully saturated rings. The van der Waals surface area contributed by atoms with Crippen LogP contribution in [-0.2, 0) is 30.4 Å². The van der Waals surface area contributed by atoms with E-state index >= 15 is 0 Å². The lowest BCUT2D eigenvalue weighted by Crippen LogP contribution is -2.50. The maximum absolute atomic E-state index is 12.5. The second kappa shape index (κ2) is 9.38. The highest BCUT2D eigenvalue weighted by atomic mass is 16.5. The molecule has 1 aromatic carbocycles. The predicted molar refractivity (Wildman–Crippen MR) is 106 cm³/mol. The number of nitrogens with one attached hydrogen (secondary N) is 1. The van der Waals surface area contributed by atoms with Crippen molar-refractivity contribution in [2.45, 2.75) is 38.8 Å². The quantitative estimate of drug-likeness (QED) is 0.664. The van der Waals surface area contributed by atoms with Crippen LogP contribution in [0.15, 0.2) is 33.9 Å². The highest BCUT2D eigenvalue weighted by Crippen LogP contribution is 2.18. The van der Waals surface area contributed by atoms with Gasteiger partial charge in [0.25, 0.3) is 17.0 Å². The SMILES string of the molecule is CCOC(=O)[C@@H]1CCCCN1C(=O)COC(=O)Cn1[nH]c(=O)c2ccccc2c1=O. The van der Waals surface area contributed by atoms with Gasteiger partial charge in [-0.15, -0.1) is 0 Å². The minimum absolute atomic E-state index is 0.177. The summed E-state index contributed by atoms with van der Waals surface area (Å²) in [6.07, 6.45) is 2.03. The molecule has 2 aromatic rings. The van der Waals surface area contributed by atoms with E-state index in [-0.39, 0.29) is 17.4 Å². The molecule has 30 heavy (non-hydrogen) atoms. The number of aromatic nitrogens is 2. The lowest BCUT2D eigenvalue weighted by Gasteiger charge is -2.33. The molecule has 1 saturated heterocycles. The highest BCUT2D eigenvalue weighted by molar-refractivity contribution is 5.86. The van der Waals surface area contributed by atoms with Crippen LogP contribution in [0.25, 0.3) is 10.8 Å². The van der Waals surface area contributed by atoms with E-state index in [1.54, 1.807) is 19.1 Å². The summed E-state index contributed by atoms with van der Waals surface area (Å²) in [7, 11) is 0. The van der Waals surface area contributed by atoms with Crippen LogP contribution >= 0.6 is 0 Å². The molecule has 0 aliphatic carbocycles. The van der Waals surface area contributed by atoms with Crippen LogP contribution in [0.2, 0.25) is 0 Å². The summed E-state index contributed by atoms with van der Waals surface area (Å²) in [6, 6.07) is 5.55. The van der Waals surface area contributed by atoms with Crippen LogP contribution < -0.4 is 11.1 Å². The summed E-state index contributed by atoms with van der Waals surface area (Å²) < 4.78 is 10.9. The van der Waals surface area contributed by atoms with Crippen LogP contribution in [-0.4, -0.2) is 58.3 Å². The average molecular weight is 417 g/mol. The Labute approximate surface area is 171 Å². The lowest BCUT2D eigenvalue weighted by molar-refractivity contribution is -0.161. The summed E-state index contributed by atoms with van der Waals surface area (Å²) in [5.74, 6) is -1.85. The third kappa shape index (κ3) is 4.58. The van der Waals surface area contributed by atoms with Crippen LogP contribution in [0.4, 0.5) is 0 Å². The molecular weight excluding hydrogens is 394 g/mol. The molecule has 10 nitrogen and oxygen atoms in total. The van der Waals surface area contributed by atoms with Crippen molar-refractivity contribution in [2.75, 3.05) is 19.8 Å². The predicted octanol–water partition coefficient (Wildman–Crippen LogP) is 0.177. The number of hydrogen-bond acceptors (Lipinski definition) is 7. The first-order valence-corrected chi connectivity index (χ1v) is 9.76. The maximum atomic E-state index is 12.5. The Kier molecular flexibility index (Phi) is 6.65. The number of carbonyl (C=O) groups excluding carboxylic acids is 3. The van der Waals surface area contributed by atoms with Crippen molar-refractivity contribution in [3.05, 3.63) is 45.0 Å². The second-order valence-corrected chi connectivity index (χ2v) is 6.89. The fourth-order valence-corrected chi connectivity index (χ4v) is 3.47. The van der Waals surface area contributed by atoms with Crippen molar-refractivity contribution in [1.82, 2.24) is 14.7 Å². The number of fused-ring (bicyclic) bond motifs is 1. The Morgan fingerprint density at radius 3 is 2.57 bits per heavy atom. The third-order valence-electron chi connectivity index (χ3n) is 4.91. The number of H-pyrrole nitrogens is 1. The van der Waals surface area contributed by atoms with Gasteiger partial charge in [-0.05, 0) is 38.3 Å². The standard InChI is InChI=1S/C20H23N3O7/c1-2-29-20(28)15-9-5-6-10-22(15)16(24)12-30-17(25)11-23-19(27)14-8-4-3-7-13(14)18(26)21-23/h3-4,7-8,15H,2,5-6,9-12H2,1H3,(H,21,26)/t15-/m0/s1. The van der Waals surface area contributed by atoms with Crippen molar-refractivity contribution >= 4 is 28.6 Å². The minimum Gasteiger partial charge on any atom is -0.464 e. The Morgan fingerprint density at radius 1 is 1.10 bits per heavy atom. The van der Waals surface area contributed by atoms with Gasteiger partial charge in [-0.25, -0.2) is 9.48 Å². The minimum atomic E-state index is -0.860. The van der Waals surface area contributed by atoms with Crippen molar-refractivity contribution in [3.8, 4) is 0 Å². The molecule has 1 aromatic heterocycles. The summed E-state index contributed by atoms with van der Waals surface area (Å²) >= 11 is 0. The van der Waals surface area contributed by atoms with Gasteiger partial charge < -0.3 is 14.4 Å². The molecule has 1 amide bonds. The van der Waals surface area contributed by atoms with E-state index in [1.807, 2.05) is 0 Å². The Hall–Kier alpha value is -3.43. The molecule has 3 rings (SSSR count). The van der Waals surface area contributed by atoms with Gasteiger partial charge in [0.1, 0.15) is 12.6 Å². The average Bonchev–Trinajstić information content (AvgIpc) is 2.76. The Bertz CT molecular complexity index is 1070. The number of piperidine rings is 1. The number of aromatic amines is 1. The zero-order valence-electron chi connectivity index (χ0n) is 16.6. The third-order valence-corrected chi connectivity index (χ3v) is 4.91. The fourth-order valence-electron chi connectivity index (χ4n) is 3.47. The number of amides is 1. The Morgan fingerprint density at radius 2 is 1.83 bits per heavy atom. The molecule has 1 atom stereocenters.